The smallest absolute Gasteiger partial charge is 0.218 e. The summed E-state index contributed by atoms with van der Waals surface area (Å²) in [6, 6.07) is 0. The van der Waals surface area contributed by atoms with Crippen molar-refractivity contribution in [1.29, 1.82) is 0 Å². The van der Waals surface area contributed by atoms with Crippen LogP contribution in [-0.4, -0.2) is 12.1 Å². The molecule has 1 unspecified atom stereocenters. The van der Waals surface area contributed by atoms with E-state index in [0.29, 0.717) is 5.92 Å². The van der Waals surface area contributed by atoms with Crippen molar-refractivity contribution in [3.8, 4) is 0 Å². The maximum atomic E-state index is 10.4. The SMILES string of the molecule is CC(=O)NC(N)C1CC1. The van der Waals surface area contributed by atoms with Gasteiger partial charge in [0, 0.05) is 6.92 Å². The van der Waals surface area contributed by atoms with Gasteiger partial charge in [-0.15, -0.1) is 0 Å². The zero-order valence-electron chi connectivity index (χ0n) is 5.55. The van der Waals surface area contributed by atoms with E-state index >= 15 is 0 Å². The first-order chi connectivity index (χ1) is 4.20. The molecule has 0 bridgehead atoms. The third-order valence-corrected chi connectivity index (χ3v) is 1.50. The number of nitrogens with one attached hydrogen (secondary N) is 1. The number of amides is 1. The minimum atomic E-state index is -0.0949. The number of carbonyl (C=O) groups excluding carboxylic acids is 1. The third-order valence-electron chi connectivity index (χ3n) is 1.50. The maximum absolute atomic E-state index is 10.4. The van der Waals surface area contributed by atoms with Crippen LogP contribution in [0.2, 0.25) is 0 Å². The molecule has 52 valence electrons. The van der Waals surface area contributed by atoms with Gasteiger partial charge in [-0.3, -0.25) is 4.79 Å². The van der Waals surface area contributed by atoms with E-state index in [1.54, 1.807) is 0 Å². The molecule has 0 aromatic rings. The number of hydrogen-bond acceptors (Lipinski definition) is 2. The summed E-state index contributed by atoms with van der Waals surface area (Å²) in [7, 11) is 0. The molecule has 9 heavy (non-hydrogen) atoms. The highest BCUT2D eigenvalue weighted by molar-refractivity contribution is 5.73. The van der Waals surface area contributed by atoms with Crippen LogP contribution >= 0.6 is 0 Å². The van der Waals surface area contributed by atoms with Crippen molar-refractivity contribution in [2.75, 3.05) is 0 Å². The fourth-order valence-electron chi connectivity index (χ4n) is 0.808. The highest BCUT2D eigenvalue weighted by atomic mass is 16.1. The van der Waals surface area contributed by atoms with Crippen LogP contribution in [-0.2, 0) is 4.79 Å². The van der Waals surface area contributed by atoms with Crippen molar-refractivity contribution in [2.24, 2.45) is 11.7 Å². The zero-order chi connectivity index (χ0) is 6.85. The van der Waals surface area contributed by atoms with Crippen LogP contribution in [0.15, 0.2) is 0 Å². The fraction of sp³-hybridized carbons (Fsp3) is 0.833. The van der Waals surface area contributed by atoms with Crippen molar-refractivity contribution in [1.82, 2.24) is 5.32 Å². The Bertz CT molecular complexity index is 120. The molecule has 1 atom stereocenters. The number of hydrogen-bond donors (Lipinski definition) is 2. The van der Waals surface area contributed by atoms with Gasteiger partial charge < -0.3 is 11.1 Å². The van der Waals surface area contributed by atoms with Gasteiger partial charge in [0.2, 0.25) is 5.91 Å². The van der Waals surface area contributed by atoms with Gasteiger partial charge in [0.1, 0.15) is 0 Å². The van der Waals surface area contributed by atoms with E-state index < -0.39 is 0 Å². The van der Waals surface area contributed by atoms with E-state index in [9.17, 15) is 4.79 Å². The Balaban J connectivity index is 2.17. The molecule has 1 aliphatic carbocycles. The standard InChI is InChI=1S/C6H12N2O/c1-4(9)8-6(7)5-2-3-5/h5-6H,2-3,7H2,1H3,(H,8,9). The van der Waals surface area contributed by atoms with Gasteiger partial charge in [0.05, 0.1) is 6.17 Å². The molecular weight excluding hydrogens is 116 g/mol. The molecule has 3 nitrogen and oxygen atoms in total. The molecule has 1 amide bonds. The molecule has 3 N–H and O–H groups in total. The van der Waals surface area contributed by atoms with E-state index in [1.807, 2.05) is 0 Å². The first kappa shape index (κ1) is 6.55. The second-order valence-corrected chi connectivity index (χ2v) is 2.56. The molecule has 0 heterocycles. The summed E-state index contributed by atoms with van der Waals surface area (Å²) in [5.74, 6) is 0.517. The summed E-state index contributed by atoms with van der Waals surface area (Å²) in [6.07, 6.45) is 2.24. The second-order valence-electron chi connectivity index (χ2n) is 2.56. The van der Waals surface area contributed by atoms with E-state index in [1.165, 1.54) is 19.8 Å². The average molecular weight is 128 g/mol. The van der Waals surface area contributed by atoms with Gasteiger partial charge >= 0.3 is 0 Å². The summed E-state index contributed by atoms with van der Waals surface area (Å²) in [6.45, 7) is 1.49. The predicted molar refractivity (Wildman–Crippen MR) is 34.5 cm³/mol. The monoisotopic (exact) mass is 128 g/mol. The highest BCUT2D eigenvalue weighted by Crippen LogP contribution is 2.30. The summed E-state index contributed by atoms with van der Waals surface area (Å²) in [5.41, 5.74) is 5.55. The topological polar surface area (TPSA) is 55.1 Å². The molecule has 0 radical (unpaired) electrons. The molecule has 0 saturated heterocycles. The highest BCUT2D eigenvalue weighted by Gasteiger charge is 2.28. The van der Waals surface area contributed by atoms with Crippen molar-refractivity contribution < 1.29 is 4.79 Å². The summed E-state index contributed by atoms with van der Waals surface area (Å²) < 4.78 is 0. The van der Waals surface area contributed by atoms with Crippen molar-refractivity contribution in [2.45, 2.75) is 25.9 Å². The third kappa shape index (κ3) is 2.01. The van der Waals surface area contributed by atoms with Gasteiger partial charge in [0.15, 0.2) is 0 Å². The van der Waals surface area contributed by atoms with Crippen LogP contribution in [0.5, 0.6) is 0 Å². The molecule has 0 aromatic heterocycles. The lowest BCUT2D eigenvalue weighted by Crippen LogP contribution is -2.41. The maximum Gasteiger partial charge on any atom is 0.218 e. The van der Waals surface area contributed by atoms with Crippen LogP contribution in [0.1, 0.15) is 19.8 Å². The second kappa shape index (κ2) is 2.35. The molecule has 0 aromatic carbocycles. The van der Waals surface area contributed by atoms with Crippen LogP contribution in [0.3, 0.4) is 0 Å². The first-order valence-corrected chi connectivity index (χ1v) is 3.23. The minimum Gasteiger partial charge on any atom is -0.341 e. The Kier molecular flexibility index (Phi) is 1.71. The molecule has 1 rings (SSSR count). The van der Waals surface area contributed by atoms with E-state index in [4.69, 9.17) is 5.73 Å². The predicted octanol–water partition coefficient (Wildman–Crippen LogP) is -0.183. The van der Waals surface area contributed by atoms with Crippen molar-refractivity contribution in [3.05, 3.63) is 0 Å². The van der Waals surface area contributed by atoms with Crippen LogP contribution in [0.4, 0.5) is 0 Å². The Labute approximate surface area is 54.6 Å². The Morgan fingerprint density at radius 2 is 2.33 bits per heavy atom. The molecule has 0 aliphatic heterocycles. The average Bonchev–Trinajstić information content (AvgIpc) is 2.40. The Morgan fingerprint density at radius 1 is 1.78 bits per heavy atom. The molecule has 0 spiro atoms. The normalized spacial score (nSPS) is 21.1. The minimum absolute atomic E-state index is 0.0330. The van der Waals surface area contributed by atoms with Crippen LogP contribution < -0.4 is 11.1 Å². The van der Waals surface area contributed by atoms with E-state index in [0.717, 1.165) is 0 Å². The van der Waals surface area contributed by atoms with Crippen molar-refractivity contribution >= 4 is 5.91 Å². The summed E-state index contributed by atoms with van der Waals surface area (Å²) in [4.78, 5) is 10.4. The lowest BCUT2D eigenvalue weighted by Gasteiger charge is -2.09. The molecule has 1 aliphatic rings. The quantitative estimate of drug-likeness (QED) is 0.507. The Morgan fingerprint density at radius 3 is 2.67 bits per heavy atom. The molecule has 1 saturated carbocycles. The Hall–Kier alpha value is -0.570. The van der Waals surface area contributed by atoms with Gasteiger partial charge in [0.25, 0.3) is 0 Å². The van der Waals surface area contributed by atoms with Crippen LogP contribution in [0, 0.1) is 5.92 Å². The van der Waals surface area contributed by atoms with Gasteiger partial charge in [-0.25, -0.2) is 0 Å². The van der Waals surface area contributed by atoms with Gasteiger partial charge in [-0.05, 0) is 18.8 Å². The van der Waals surface area contributed by atoms with Gasteiger partial charge in [-0.1, -0.05) is 0 Å². The number of nitrogens with two attached hydrogens (primary N) is 1. The van der Waals surface area contributed by atoms with Crippen molar-refractivity contribution in [3.63, 3.8) is 0 Å². The molecule has 1 fully saturated rings. The first-order valence-electron chi connectivity index (χ1n) is 3.23. The van der Waals surface area contributed by atoms with Crippen LogP contribution in [0.25, 0.3) is 0 Å². The summed E-state index contributed by atoms with van der Waals surface area (Å²) in [5, 5.41) is 2.64. The van der Waals surface area contributed by atoms with E-state index in [-0.39, 0.29) is 12.1 Å². The lowest BCUT2D eigenvalue weighted by molar-refractivity contribution is -0.119. The fourth-order valence-corrected chi connectivity index (χ4v) is 0.808. The largest absolute Gasteiger partial charge is 0.341 e. The number of carbonyl (C=O) groups is 1. The molecule has 3 heteroatoms. The lowest BCUT2D eigenvalue weighted by atomic mass is 10.3. The molecular formula is C6H12N2O. The zero-order valence-corrected chi connectivity index (χ0v) is 5.55. The van der Waals surface area contributed by atoms with E-state index in [2.05, 4.69) is 5.32 Å². The number of rotatable bonds is 2. The van der Waals surface area contributed by atoms with Gasteiger partial charge in [-0.2, -0.15) is 0 Å². The summed E-state index contributed by atoms with van der Waals surface area (Å²) >= 11 is 0.